The van der Waals surface area contributed by atoms with Crippen LogP contribution in [0.25, 0.3) is 11.0 Å². The molecule has 1 aliphatic heterocycles. The van der Waals surface area contributed by atoms with Crippen molar-refractivity contribution in [2.75, 3.05) is 6.61 Å². The minimum atomic E-state index is -3.81. The Morgan fingerprint density at radius 3 is 2.37 bits per heavy atom. The fourth-order valence-electron chi connectivity index (χ4n) is 3.53. The number of benzene rings is 1. The van der Waals surface area contributed by atoms with E-state index in [-0.39, 0.29) is 0 Å². The molecule has 9 nitrogen and oxygen atoms in total. The van der Waals surface area contributed by atoms with Gasteiger partial charge in [-0.2, -0.15) is 0 Å². The third-order valence-electron chi connectivity index (χ3n) is 5.21. The summed E-state index contributed by atoms with van der Waals surface area (Å²) in [5.74, 6) is -10.3. The van der Waals surface area contributed by atoms with Crippen molar-refractivity contribution in [3.8, 4) is 0 Å². The van der Waals surface area contributed by atoms with E-state index >= 15 is 0 Å². The lowest BCUT2D eigenvalue weighted by Gasteiger charge is -2.54. The van der Waals surface area contributed by atoms with E-state index < -0.39 is 96.2 Å². The monoisotopic (exact) mass is 433 g/mol. The van der Waals surface area contributed by atoms with Gasteiger partial charge in [0.05, 0.1) is 18.5 Å². The van der Waals surface area contributed by atoms with Crippen molar-refractivity contribution in [3.63, 3.8) is 0 Å². The summed E-state index contributed by atoms with van der Waals surface area (Å²) < 4.78 is 69.3. The maximum Gasteiger partial charge on any atom is 0.207 e. The molecule has 2 heterocycles. The third kappa shape index (κ3) is 2.44. The quantitative estimate of drug-likeness (QED) is 0.570. The van der Waals surface area contributed by atoms with Crippen LogP contribution in [0.3, 0.4) is 0 Å². The second-order valence-electron chi connectivity index (χ2n) is 6.78. The topological polar surface area (TPSA) is 139 Å². The third-order valence-corrected chi connectivity index (χ3v) is 5.21. The van der Waals surface area contributed by atoms with Crippen LogP contribution < -0.4 is 0 Å². The average Bonchev–Trinajstić information content (AvgIpc) is 3.22. The van der Waals surface area contributed by atoms with Gasteiger partial charge in [0.2, 0.25) is 11.2 Å². The molecule has 2 aromatic rings. The predicted molar refractivity (Wildman–Crippen MR) is 91.5 cm³/mol. The van der Waals surface area contributed by atoms with Crippen molar-refractivity contribution in [1.29, 1.82) is 0 Å². The Morgan fingerprint density at radius 2 is 1.77 bits per heavy atom. The number of halogens is 3. The second-order valence-corrected chi connectivity index (χ2v) is 6.78. The van der Waals surface area contributed by atoms with Crippen molar-refractivity contribution in [3.05, 3.63) is 29.8 Å². The highest BCUT2D eigenvalue weighted by Gasteiger charge is 2.75. The number of carbonyl (C=O) groups excluding carboxylic acids is 3. The zero-order valence-corrected chi connectivity index (χ0v) is 15.1. The smallest absolute Gasteiger partial charge is 0.207 e. The normalized spacial score (nSPS) is 33.0. The molecule has 0 radical (unpaired) electrons. The van der Waals surface area contributed by atoms with Crippen LogP contribution in [0.1, 0.15) is 31.0 Å². The number of aliphatic hydroxyl groups is 3. The molecule has 1 aromatic heterocycles. The number of hydrogen-bond donors (Lipinski definition) is 3. The fraction of sp³-hybridized carbons (Fsp3) is 0.444. The first-order chi connectivity index (χ1) is 15.4. The number of carbonyl (C=O) groups is 3. The lowest BCUT2D eigenvalue weighted by Crippen LogP contribution is -2.82. The molecule has 162 valence electrons. The molecule has 1 aromatic carbocycles. The Balaban J connectivity index is 2.38. The van der Waals surface area contributed by atoms with Gasteiger partial charge in [0, 0.05) is 10.2 Å². The molecule has 1 saturated heterocycles. The van der Waals surface area contributed by atoms with Gasteiger partial charge in [-0.05, 0) is 20.7 Å². The van der Waals surface area contributed by atoms with Crippen LogP contribution >= 0.6 is 0 Å². The van der Waals surface area contributed by atoms with Crippen LogP contribution in [0.15, 0.2) is 12.4 Å². The van der Waals surface area contributed by atoms with Gasteiger partial charge in [-0.25, -0.2) is 18.2 Å². The highest BCUT2D eigenvalue weighted by molar-refractivity contribution is 6.05. The van der Waals surface area contributed by atoms with E-state index in [9.17, 15) is 42.9 Å². The Labute approximate surface area is 170 Å². The number of aromatic nitrogens is 2. The van der Waals surface area contributed by atoms with Crippen molar-refractivity contribution < 1.29 is 51.7 Å². The van der Waals surface area contributed by atoms with Gasteiger partial charge in [-0.3, -0.25) is 14.4 Å². The maximum absolute atomic E-state index is 14.1. The molecule has 12 heteroatoms. The van der Waals surface area contributed by atoms with Crippen LogP contribution in [-0.2, 0) is 19.1 Å². The lowest BCUT2D eigenvalue weighted by atomic mass is 9.63. The second kappa shape index (κ2) is 6.67. The number of ketones is 3. The minimum absolute atomic E-state index is 0.414. The largest absolute Gasteiger partial charge is 0.376 e. The number of hydrogen-bond acceptors (Lipinski definition) is 8. The molecule has 0 aliphatic carbocycles. The highest BCUT2D eigenvalue weighted by Crippen LogP contribution is 2.48. The minimum Gasteiger partial charge on any atom is -0.376 e. The zero-order chi connectivity index (χ0) is 24.9. The van der Waals surface area contributed by atoms with E-state index in [1.165, 1.54) is 0 Å². The predicted octanol–water partition coefficient (Wildman–Crippen LogP) is -0.0573. The molecule has 4 atom stereocenters. The maximum atomic E-state index is 14.1. The van der Waals surface area contributed by atoms with E-state index in [2.05, 4.69) is 4.98 Å². The van der Waals surface area contributed by atoms with Crippen molar-refractivity contribution >= 4 is 28.4 Å². The molecule has 3 N–H and O–H groups in total. The molecule has 0 spiro atoms. The van der Waals surface area contributed by atoms with Crippen LogP contribution in [0.4, 0.5) is 13.2 Å². The first-order valence-electron chi connectivity index (χ1n) is 10.2. The number of nitrogens with zero attached hydrogens (tertiary/aromatic N) is 2. The molecule has 30 heavy (non-hydrogen) atoms. The van der Waals surface area contributed by atoms with Crippen LogP contribution in [0.5, 0.6) is 0 Å². The van der Waals surface area contributed by atoms with E-state index in [1.807, 2.05) is 0 Å². The molecule has 3 rings (SSSR count). The molecule has 0 saturated carbocycles. The van der Waals surface area contributed by atoms with E-state index in [1.54, 1.807) is 0 Å². The van der Waals surface area contributed by atoms with Crippen molar-refractivity contribution in [1.82, 2.24) is 9.55 Å². The number of fused-ring (bicyclic) bond motifs is 1. The summed E-state index contributed by atoms with van der Waals surface area (Å²) in [6.45, 7) is -5.27. The lowest BCUT2D eigenvalue weighted by molar-refractivity contribution is -0.310. The van der Waals surface area contributed by atoms with Gasteiger partial charge >= 0.3 is 0 Å². The van der Waals surface area contributed by atoms with Gasteiger partial charge in [0.1, 0.15) is 5.52 Å². The van der Waals surface area contributed by atoms with E-state index in [0.717, 1.165) is 0 Å². The van der Waals surface area contributed by atoms with Gasteiger partial charge < -0.3 is 24.6 Å². The summed E-state index contributed by atoms with van der Waals surface area (Å²) in [6, 6.07) is 0.414. The Morgan fingerprint density at radius 1 is 1.13 bits per heavy atom. The van der Waals surface area contributed by atoms with Gasteiger partial charge in [0.25, 0.3) is 0 Å². The summed E-state index contributed by atoms with van der Waals surface area (Å²) in [6.07, 6.45) is -1.69. The average molecular weight is 433 g/mol. The first kappa shape index (κ1) is 18.1. The number of imidazole rings is 1. The van der Waals surface area contributed by atoms with Crippen LogP contribution in [0, 0.1) is 17.5 Å². The molecule has 1 unspecified atom stereocenters. The number of Topliss-reactive ketones (excluding diaryl/α,β-unsaturated/α-hetero) is 3. The summed E-state index contributed by atoms with van der Waals surface area (Å²) in [5.41, 5.74) is -12.3. The van der Waals surface area contributed by atoms with Gasteiger partial charge in [-0.1, -0.05) is 0 Å². The Kier molecular flexibility index (Phi) is 4.03. The van der Waals surface area contributed by atoms with Crippen molar-refractivity contribution in [2.24, 2.45) is 0 Å². The van der Waals surface area contributed by atoms with Gasteiger partial charge in [-0.15, -0.1) is 0 Å². The summed E-state index contributed by atoms with van der Waals surface area (Å²) >= 11 is 0. The van der Waals surface area contributed by atoms with E-state index in [4.69, 9.17) is 8.85 Å². The molecular formula is C18H17F3N2O7. The molecule has 1 aliphatic rings. The molecular weight excluding hydrogens is 413 g/mol. The summed E-state index contributed by atoms with van der Waals surface area (Å²) in [4.78, 5) is 41.3. The standard InChI is InChI=1S/C18H17F3N2O7/c1-7(24)16(27)5-30-15(17(28,8(2)25)18(16,29)9(3)26)23-6-22-14-11(23)4-10(19)12(20)13(14)21/h4,6,15,27-29H,5H2,1-3H3/t15?,16-,17-,18+/m0/s1/i1D,2D,3D. The fourth-order valence-corrected chi connectivity index (χ4v) is 3.53. The molecule has 0 amide bonds. The number of ether oxygens (including phenoxy) is 1. The van der Waals surface area contributed by atoms with Crippen LogP contribution in [-0.4, -0.2) is 65.6 Å². The SMILES string of the molecule is [2H]CC(=O)[C@@]1(O)[C@@](O)(C(=O)C[2H])COC(n2cnc3c(F)c(F)c(F)cc32)[C@@]1(O)C(=O)C[2H]. The zero-order valence-electron chi connectivity index (χ0n) is 18.1. The van der Waals surface area contributed by atoms with Crippen LogP contribution in [0.2, 0.25) is 0 Å². The Hall–Kier alpha value is -2.67. The van der Waals surface area contributed by atoms with Gasteiger partial charge in [0.15, 0.2) is 46.6 Å². The van der Waals surface area contributed by atoms with Crippen molar-refractivity contribution in [2.45, 2.75) is 43.7 Å². The van der Waals surface area contributed by atoms with E-state index in [0.29, 0.717) is 17.0 Å². The molecule has 0 bridgehead atoms. The Bertz CT molecular complexity index is 1160. The first-order valence-corrected chi connectivity index (χ1v) is 8.13. The summed E-state index contributed by atoms with van der Waals surface area (Å²) in [5, 5.41) is 33.5. The molecule has 1 fully saturated rings. The summed E-state index contributed by atoms with van der Waals surface area (Å²) in [7, 11) is 0. The number of rotatable bonds is 4. The highest BCUT2D eigenvalue weighted by atomic mass is 19.2.